The number of carbonyl (C=O) groups excluding carboxylic acids is 6. The lowest BCUT2D eigenvalue weighted by Gasteiger charge is -2.32. The van der Waals surface area contributed by atoms with Gasteiger partial charge in [-0.05, 0) is 123 Å². The van der Waals surface area contributed by atoms with Gasteiger partial charge in [0, 0.05) is 53.5 Å². The zero-order valence-corrected chi connectivity index (χ0v) is 37.0. The van der Waals surface area contributed by atoms with Crippen LogP contribution in [0.4, 0.5) is 0 Å². The smallest absolute Gasteiger partial charge is 0.251 e. The van der Waals surface area contributed by atoms with Crippen LogP contribution in [-0.2, 0) is 36.8 Å². The Kier molecular flexibility index (Phi) is 15.7. The van der Waals surface area contributed by atoms with E-state index in [2.05, 4.69) is 31.5 Å². The minimum atomic E-state index is -1.44. The Morgan fingerprint density at radius 1 is 0.862 bits per heavy atom. The Morgan fingerprint density at radius 2 is 1.52 bits per heavy atom. The number of Topliss-reactive ketones (excluding diaryl/α,β-unsaturated/α-hetero) is 1. The van der Waals surface area contributed by atoms with E-state index in [1.165, 1.54) is 38.2 Å². The highest BCUT2D eigenvalue weighted by Gasteiger charge is 2.36. The number of likely N-dealkylation sites (N-methyl/N-ethyl adjacent to an activating group) is 1. The molecule has 5 aromatic rings. The molecular weight excluding hydrogens is 852 g/mol. The Labute approximate surface area is 381 Å². The van der Waals surface area contributed by atoms with Crippen LogP contribution < -0.4 is 27.0 Å². The van der Waals surface area contributed by atoms with E-state index in [1.807, 2.05) is 12.1 Å². The van der Waals surface area contributed by atoms with Crippen LogP contribution in [-0.4, -0.2) is 98.4 Å². The van der Waals surface area contributed by atoms with E-state index in [9.17, 15) is 39.0 Å². The average Bonchev–Trinajstić information content (AvgIpc) is 3.82. The van der Waals surface area contributed by atoms with Crippen molar-refractivity contribution in [2.75, 3.05) is 13.6 Å². The topological polar surface area (TPSA) is 249 Å². The van der Waals surface area contributed by atoms with E-state index in [4.69, 9.17) is 17.3 Å². The van der Waals surface area contributed by atoms with Gasteiger partial charge in [0.05, 0.1) is 6.04 Å². The van der Waals surface area contributed by atoms with E-state index >= 15 is 0 Å². The third kappa shape index (κ3) is 12.0. The number of hydrogen-bond acceptors (Lipinski definition) is 10. The lowest BCUT2D eigenvalue weighted by Crippen LogP contribution is -2.56. The van der Waals surface area contributed by atoms with Gasteiger partial charge >= 0.3 is 0 Å². The SMILES string of the molecule is CC(NC(=O)C1Cc2ccc(O)c(c2)-c2cc(ccc2O)C(N(C)C(=O)C(CCCCN)NC(=O)c2ccc(-c3ccc(Cl)cc3)cc2)C(=O)NC(C)C(=O)N1)C(=O)CCc1ccn[nH]1. The van der Waals surface area contributed by atoms with Crippen molar-refractivity contribution in [3.63, 3.8) is 0 Å². The first-order valence-corrected chi connectivity index (χ1v) is 21.7. The highest BCUT2D eigenvalue weighted by molar-refractivity contribution is 6.30. The summed E-state index contributed by atoms with van der Waals surface area (Å²) in [4.78, 5) is 84.6. The van der Waals surface area contributed by atoms with Crippen molar-refractivity contribution in [1.29, 1.82) is 0 Å². The monoisotopic (exact) mass is 904 g/mol. The van der Waals surface area contributed by atoms with Crippen LogP contribution in [0, 0.1) is 0 Å². The Hall–Kier alpha value is -7.04. The maximum Gasteiger partial charge on any atom is 0.251 e. The molecule has 340 valence electrons. The second kappa shape index (κ2) is 21.6. The minimum Gasteiger partial charge on any atom is -0.507 e. The molecule has 5 atom stereocenters. The number of unbranched alkanes of at least 4 members (excludes halogenated alkanes) is 1. The molecule has 0 radical (unpaired) electrons. The first-order chi connectivity index (χ1) is 31.1. The van der Waals surface area contributed by atoms with Crippen molar-refractivity contribution in [2.45, 2.75) is 82.6 Å². The molecule has 16 nitrogen and oxygen atoms in total. The van der Waals surface area contributed by atoms with E-state index in [1.54, 1.807) is 67.7 Å². The number of benzene rings is 4. The number of aromatic amines is 1. The molecule has 1 aromatic heterocycles. The van der Waals surface area contributed by atoms with Gasteiger partial charge in [0.2, 0.25) is 23.6 Å². The predicted octanol–water partition coefficient (Wildman–Crippen LogP) is 4.49. The molecule has 5 unspecified atom stereocenters. The first-order valence-electron chi connectivity index (χ1n) is 21.3. The number of nitrogens with one attached hydrogen (secondary N) is 5. The molecule has 4 aromatic carbocycles. The third-order valence-electron chi connectivity index (χ3n) is 11.4. The fourth-order valence-corrected chi connectivity index (χ4v) is 7.76. The zero-order chi connectivity index (χ0) is 46.8. The first kappa shape index (κ1) is 47.4. The number of hydrogen-bond donors (Lipinski definition) is 8. The second-order valence-corrected chi connectivity index (χ2v) is 16.6. The number of aromatic hydroxyl groups is 2. The van der Waals surface area contributed by atoms with Crippen molar-refractivity contribution < 1.29 is 39.0 Å². The highest BCUT2D eigenvalue weighted by atomic mass is 35.5. The van der Waals surface area contributed by atoms with Crippen molar-refractivity contribution in [3.8, 4) is 33.8 Å². The molecule has 6 rings (SSSR count). The highest BCUT2D eigenvalue weighted by Crippen LogP contribution is 2.39. The van der Waals surface area contributed by atoms with Crippen LogP contribution in [0.3, 0.4) is 0 Å². The number of halogens is 1. The summed E-state index contributed by atoms with van der Waals surface area (Å²) in [5, 5.41) is 40.5. The van der Waals surface area contributed by atoms with Gasteiger partial charge < -0.3 is 42.1 Å². The fraction of sp³-hybridized carbons (Fsp3) is 0.312. The molecule has 1 aliphatic heterocycles. The molecule has 0 fully saturated rings. The Balaban J connectivity index is 1.28. The van der Waals surface area contributed by atoms with Crippen LogP contribution in [0.2, 0.25) is 5.02 Å². The van der Waals surface area contributed by atoms with Crippen molar-refractivity contribution in [2.24, 2.45) is 5.73 Å². The van der Waals surface area contributed by atoms with Gasteiger partial charge in [-0.25, -0.2) is 0 Å². The number of amides is 5. The molecule has 0 aliphatic carbocycles. The van der Waals surface area contributed by atoms with E-state index in [0.29, 0.717) is 42.0 Å². The van der Waals surface area contributed by atoms with Gasteiger partial charge in [-0.15, -0.1) is 0 Å². The largest absolute Gasteiger partial charge is 0.507 e. The van der Waals surface area contributed by atoms with E-state index < -0.39 is 59.7 Å². The van der Waals surface area contributed by atoms with Crippen molar-refractivity contribution in [3.05, 3.63) is 125 Å². The molecule has 9 N–H and O–H groups in total. The summed E-state index contributed by atoms with van der Waals surface area (Å²) in [6.45, 7) is 3.31. The molecule has 0 saturated heterocycles. The molecule has 0 spiro atoms. The van der Waals surface area contributed by atoms with Gasteiger partial charge in [0.25, 0.3) is 5.91 Å². The molecule has 17 heteroatoms. The van der Waals surface area contributed by atoms with Crippen LogP contribution in [0.25, 0.3) is 22.3 Å². The number of nitrogens with zero attached hydrogens (tertiary/aromatic N) is 2. The van der Waals surface area contributed by atoms with Gasteiger partial charge in [0.1, 0.15) is 35.7 Å². The fourth-order valence-electron chi connectivity index (χ4n) is 7.63. The summed E-state index contributed by atoms with van der Waals surface area (Å²) in [6.07, 6.45) is 3.19. The molecule has 1 aliphatic rings. The summed E-state index contributed by atoms with van der Waals surface area (Å²) in [5.74, 6) is -4.10. The zero-order valence-electron chi connectivity index (χ0n) is 36.3. The molecule has 5 amide bonds. The molecule has 4 bridgehead atoms. The van der Waals surface area contributed by atoms with Crippen LogP contribution in [0.5, 0.6) is 11.5 Å². The third-order valence-corrected chi connectivity index (χ3v) is 11.7. The van der Waals surface area contributed by atoms with Crippen molar-refractivity contribution in [1.82, 2.24) is 36.4 Å². The molecule has 0 saturated carbocycles. The quantitative estimate of drug-likeness (QED) is 0.0684. The number of phenolic OH excluding ortho intramolecular Hbond substituents is 2. The molecule has 2 heterocycles. The van der Waals surface area contributed by atoms with Gasteiger partial charge in [-0.2, -0.15) is 5.10 Å². The number of phenols is 2. The number of aromatic nitrogens is 2. The standard InChI is InChI=1S/C48H53ClN8O8/c1-27(40(58)20-17-35-21-23-51-56-35)52-46(63)39-25-29-7-18-41(59)36(24-29)37-26-33(14-19-42(37)60)43(47(64)53-28(2)44(61)55-39)57(3)48(65)38(6-4-5-22-50)54-45(62)32-10-8-30(9-11-32)31-12-15-34(49)16-13-31/h7-16,18-19,21,23-24,26-28,38-39,43,59-60H,4-6,17,20,22,25,50H2,1-3H3,(H,51,56)(H,52,63)(H,53,64)(H,54,62)(H,55,61). The maximum atomic E-state index is 14.6. The average molecular weight is 905 g/mol. The summed E-state index contributed by atoms with van der Waals surface area (Å²) in [5.41, 5.74) is 9.54. The number of rotatable bonds is 15. The number of H-pyrrole nitrogens is 1. The number of fused-ring (bicyclic) bond motifs is 5. The maximum absolute atomic E-state index is 14.6. The van der Waals surface area contributed by atoms with Crippen LogP contribution in [0.1, 0.15) is 72.8 Å². The van der Waals surface area contributed by atoms with Crippen LogP contribution >= 0.6 is 11.6 Å². The number of carbonyl (C=O) groups is 6. The second-order valence-electron chi connectivity index (χ2n) is 16.1. The predicted molar refractivity (Wildman–Crippen MR) is 245 cm³/mol. The summed E-state index contributed by atoms with van der Waals surface area (Å²) >= 11 is 6.05. The lowest BCUT2D eigenvalue weighted by molar-refractivity contribution is -0.141. The van der Waals surface area contributed by atoms with Gasteiger partial charge in [-0.3, -0.25) is 33.9 Å². The normalized spacial score (nSPS) is 17.1. The number of nitrogens with two attached hydrogens (primary N) is 1. The van der Waals surface area contributed by atoms with Crippen molar-refractivity contribution >= 4 is 46.9 Å². The molecular formula is C48H53ClN8O8. The van der Waals surface area contributed by atoms with E-state index in [0.717, 1.165) is 21.7 Å². The Morgan fingerprint density at radius 3 is 2.18 bits per heavy atom. The Bertz CT molecular complexity index is 2520. The summed E-state index contributed by atoms with van der Waals surface area (Å²) in [7, 11) is 1.39. The lowest BCUT2D eigenvalue weighted by atomic mass is 9.93. The number of ketones is 1. The van der Waals surface area contributed by atoms with Gasteiger partial charge in [-0.1, -0.05) is 48.0 Å². The molecule has 65 heavy (non-hydrogen) atoms. The number of aryl methyl sites for hydroxylation is 1. The summed E-state index contributed by atoms with van der Waals surface area (Å²) < 4.78 is 0. The van der Waals surface area contributed by atoms with Gasteiger partial charge in [0.15, 0.2) is 5.78 Å². The van der Waals surface area contributed by atoms with Crippen LogP contribution in [0.15, 0.2) is 97.2 Å². The summed E-state index contributed by atoms with van der Waals surface area (Å²) in [6, 6.07) is 18.6. The van der Waals surface area contributed by atoms with E-state index in [-0.39, 0.29) is 53.2 Å². The minimum absolute atomic E-state index is 0.0926.